The summed E-state index contributed by atoms with van der Waals surface area (Å²) in [7, 11) is 1.70. The second kappa shape index (κ2) is 6.52. The predicted molar refractivity (Wildman–Crippen MR) is 75.2 cm³/mol. The van der Waals surface area contributed by atoms with Gasteiger partial charge in [0.2, 0.25) is 0 Å². The molecule has 0 spiro atoms. The van der Waals surface area contributed by atoms with Crippen molar-refractivity contribution in [1.82, 2.24) is 10.3 Å². The van der Waals surface area contributed by atoms with Crippen molar-refractivity contribution in [2.24, 2.45) is 0 Å². The summed E-state index contributed by atoms with van der Waals surface area (Å²) in [6, 6.07) is 6.37. The lowest BCUT2D eigenvalue weighted by molar-refractivity contribution is 0.416. The van der Waals surface area contributed by atoms with Crippen LogP contribution in [0, 0.1) is 0 Å². The first-order valence-corrected chi connectivity index (χ1v) is 6.98. The van der Waals surface area contributed by atoms with Crippen LogP contribution in [0.2, 0.25) is 0 Å². The average Bonchev–Trinajstić information content (AvgIpc) is 2.89. The fourth-order valence-electron chi connectivity index (χ4n) is 1.81. The number of thiophene rings is 1. The first-order chi connectivity index (χ1) is 8.85. The monoisotopic (exact) mass is 262 g/mol. The molecule has 1 N–H and O–H groups in total. The Labute approximate surface area is 112 Å². The van der Waals surface area contributed by atoms with Crippen LogP contribution in [-0.2, 0) is 0 Å². The molecule has 0 fully saturated rings. The summed E-state index contributed by atoms with van der Waals surface area (Å²) >= 11 is 1.71. The molecule has 0 bridgehead atoms. The number of hydrogen-bond donors (Lipinski definition) is 1. The standard InChI is InChI=1S/C14H18N2OS/c1-3-6-16-14(11-5-4-7-15-9-11)13-8-12(17-2)10-18-13/h4-5,7-10,14,16H,3,6H2,1-2H3. The Balaban J connectivity index is 2.24. The first-order valence-electron chi connectivity index (χ1n) is 6.11. The van der Waals surface area contributed by atoms with Crippen LogP contribution in [0.3, 0.4) is 0 Å². The Kier molecular flexibility index (Phi) is 4.73. The van der Waals surface area contributed by atoms with E-state index in [0.29, 0.717) is 0 Å². The third-order valence-electron chi connectivity index (χ3n) is 2.73. The van der Waals surface area contributed by atoms with Crippen molar-refractivity contribution in [1.29, 1.82) is 0 Å². The van der Waals surface area contributed by atoms with Gasteiger partial charge in [0.15, 0.2) is 0 Å². The second-order valence-electron chi connectivity index (χ2n) is 4.06. The minimum atomic E-state index is 0.201. The summed E-state index contributed by atoms with van der Waals surface area (Å²) < 4.78 is 5.25. The molecule has 2 aromatic rings. The minimum absolute atomic E-state index is 0.201. The van der Waals surface area contributed by atoms with Gasteiger partial charge in [0.25, 0.3) is 0 Å². The smallest absolute Gasteiger partial charge is 0.129 e. The zero-order valence-corrected chi connectivity index (χ0v) is 11.5. The highest BCUT2D eigenvalue weighted by Crippen LogP contribution is 2.30. The summed E-state index contributed by atoms with van der Waals surface area (Å²) in [6.45, 7) is 3.15. The predicted octanol–water partition coefficient (Wildman–Crippen LogP) is 3.24. The van der Waals surface area contributed by atoms with Crippen molar-refractivity contribution < 1.29 is 4.74 Å². The summed E-state index contributed by atoms with van der Waals surface area (Å²) in [4.78, 5) is 5.46. The molecule has 0 aliphatic rings. The van der Waals surface area contributed by atoms with Crippen LogP contribution < -0.4 is 10.1 Å². The highest BCUT2D eigenvalue weighted by Gasteiger charge is 2.15. The highest BCUT2D eigenvalue weighted by atomic mass is 32.1. The Morgan fingerprint density at radius 2 is 2.39 bits per heavy atom. The summed E-state index contributed by atoms with van der Waals surface area (Å²) in [5, 5.41) is 5.59. The van der Waals surface area contributed by atoms with Crippen LogP contribution in [0.5, 0.6) is 5.75 Å². The van der Waals surface area contributed by atoms with E-state index in [4.69, 9.17) is 4.74 Å². The maximum Gasteiger partial charge on any atom is 0.129 e. The molecule has 2 aromatic heterocycles. The molecule has 1 unspecified atom stereocenters. The van der Waals surface area contributed by atoms with Gasteiger partial charge in [-0.1, -0.05) is 13.0 Å². The lowest BCUT2D eigenvalue weighted by atomic mass is 10.1. The van der Waals surface area contributed by atoms with Gasteiger partial charge >= 0.3 is 0 Å². The molecule has 0 aliphatic heterocycles. The summed E-state index contributed by atoms with van der Waals surface area (Å²) in [6.07, 6.45) is 4.83. The quantitative estimate of drug-likeness (QED) is 0.867. The third kappa shape index (κ3) is 3.09. The second-order valence-corrected chi connectivity index (χ2v) is 5.01. The van der Waals surface area contributed by atoms with Crippen molar-refractivity contribution >= 4 is 11.3 Å². The Morgan fingerprint density at radius 3 is 3.00 bits per heavy atom. The van der Waals surface area contributed by atoms with Gasteiger partial charge < -0.3 is 10.1 Å². The molecule has 0 aromatic carbocycles. The van der Waals surface area contributed by atoms with Gasteiger partial charge in [-0.05, 0) is 30.7 Å². The molecule has 96 valence electrons. The average molecular weight is 262 g/mol. The van der Waals surface area contributed by atoms with Crippen molar-refractivity contribution in [2.45, 2.75) is 19.4 Å². The van der Waals surface area contributed by atoms with Gasteiger partial charge in [-0.2, -0.15) is 0 Å². The van der Waals surface area contributed by atoms with Crippen LogP contribution in [0.15, 0.2) is 36.0 Å². The van der Waals surface area contributed by atoms with Crippen LogP contribution in [0.4, 0.5) is 0 Å². The number of ether oxygens (including phenoxy) is 1. The van der Waals surface area contributed by atoms with Crippen LogP contribution in [0.25, 0.3) is 0 Å². The Morgan fingerprint density at radius 1 is 1.50 bits per heavy atom. The number of methoxy groups -OCH3 is 1. The molecule has 3 nitrogen and oxygen atoms in total. The number of nitrogens with one attached hydrogen (secondary N) is 1. The maximum atomic E-state index is 5.25. The van der Waals surface area contributed by atoms with Crippen LogP contribution >= 0.6 is 11.3 Å². The zero-order valence-electron chi connectivity index (χ0n) is 10.7. The van der Waals surface area contributed by atoms with Crippen LogP contribution in [-0.4, -0.2) is 18.6 Å². The maximum absolute atomic E-state index is 5.25. The van der Waals surface area contributed by atoms with E-state index in [1.807, 2.05) is 17.6 Å². The van der Waals surface area contributed by atoms with Gasteiger partial charge in [-0.3, -0.25) is 4.98 Å². The molecule has 0 aliphatic carbocycles. The largest absolute Gasteiger partial charge is 0.496 e. The van der Waals surface area contributed by atoms with Crippen molar-refractivity contribution in [3.8, 4) is 5.75 Å². The molecule has 0 radical (unpaired) electrons. The van der Waals surface area contributed by atoms with Crippen molar-refractivity contribution in [2.75, 3.05) is 13.7 Å². The van der Waals surface area contributed by atoms with E-state index in [1.54, 1.807) is 24.6 Å². The van der Waals surface area contributed by atoms with E-state index in [9.17, 15) is 0 Å². The summed E-state index contributed by atoms with van der Waals surface area (Å²) in [5.41, 5.74) is 1.19. The SMILES string of the molecule is CCCNC(c1cccnc1)c1cc(OC)cs1. The Hall–Kier alpha value is -1.39. The van der Waals surface area contributed by atoms with Gasteiger partial charge in [0.05, 0.1) is 13.2 Å². The fraction of sp³-hybridized carbons (Fsp3) is 0.357. The zero-order chi connectivity index (χ0) is 12.8. The van der Waals surface area contributed by atoms with E-state index < -0.39 is 0 Å². The van der Waals surface area contributed by atoms with E-state index in [2.05, 4.69) is 29.4 Å². The molecule has 0 saturated carbocycles. The van der Waals surface area contributed by atoms with Gasteiger partial charge in [0, 0.05) is 22.7 Å². The molecule has 2 rings (SSSR count). The van der Waals surface area contributed by atoms with Gasteiger partial charge in [0.1, 0.15) is 5.75 Å². The molecular weight excluding hydrogens is 244 g/mol. The number of pyridine rings is 1. The van der Waals surface area contributed by atoms with Gasteiger partial charge in [-0.15, -0.1) is 11.3 Å². The molecule has 0 amide bonds. The normalized spacial score (nSPS) is 12.3. The van der Waals surface area contributed by atoms with E-state index in [0.717, 1.165) is 18.7 Å². The first kappa shape index (κ1) is 13.1. The number of rotatable bonds is 6. The van der Waals surface area contributed by atoms with Crippen molar-refractivity contribution in [3.63, 3.8) is 0 Å². The van der Waals surface area contributed by atoms with E-state index in [-0.39, 0.29) is 6.04 Å². The number of aromatic nitrogens is 1. The fourth-order valence-corrected chi connectivity index (χ4v) is 2.77. The molecule has 4 heteroatoms. The van der Waals surface area contributed by atoms with Crippen LogP contribution in [0.1, 0.15) is 29.8 Å². The van der Waals surface area contributed by atoms with Gasteiger partial charge in [-0.25, -0.2) is 0 Å². The molecule has 2 heterocycles. The van der Waals surface area contributed by atoms with Crippen molar-refractivity contribution in [3.05, 3.63) is 46.4 Å². The highest BCUT2D eigenvalue weighted by molar-refractivity contribution is 7.10. The Bertz CT molecular complexity index is 470. The lowest BCUT2D eigenvalue weighted by Gasteiger charge is -2.17. The lowest BCUT2D eigenvalue weighted by Crippen LogP contribution is -2.22. The molecule has 0 saturated heterocycles. The third-order valence-corrected chi connectivity index (χ3v) is 3.71. The van der Waals surface area contributed by atoms with E-state index >= 15 is 0 Å². The molecular formula is C14H18N2OS. The topological polar surface area (TPSA) is 34.2 Å². The number of hydrogen-bond acceptors (Lipinski definition) is 4. The summed E-state index contributed by atoms with van der Waals surface area (Å²) in [5.74, 6) is 0.919. The molecule has 18 heavy (non-hydrogen) atoms. The molecule has 1 atom stereocenters. The number of nitrogens with zero attached hydrogens (tertiary/aromatic N) is 1. The van der Waals surface area contributed by atoms with E-state index in [1.165, 1.54) is 10.4 Å². The minimum Gasteiger partial charge on any atom is -0.496 e.